The predicted octanol–water partition coefficient (Wildman–Crippen LogP) is 2.05. The molecule has 1 aromatic rings. The van der Waals surface area contributed by atoms with E-state index in [9.17, 15) is 31.2 Å². The fourth-order valence-electron chi connectivity index (χ4n) is 2.05. The van der Waals surface area contributed by atoms with Gasteiger partial charge in [0.15, 0.2) is 21.8 Å². The van der Waals surface area contributed by atoms with E-state index in [2.05, 4.69) is 4.94 Å². The first-order chi connectivity index (χ1) is 8.62. The Morgan fingerprint density at radius 3 is 2.37 bits per heavy atom. The SMILES string of the molecule is CS(=O)(=O)c1ccc(OF)c2c1[C@H](O)C(F)(F)[C@@H]2F. The molecule has 0 fully saturated rings. The molecule has 0 saturated carbocycles. The Hall–Kier alpha value is -1.35. The number of sulfone groups is 1. The molecule has 0 spiro atoms. The van der Waals surface area contributed by atoms with E-state index in [1.165, 1.54) is 0 Å². The van der Waals surface area contributed by atoms with Crippen LogP contribution in [0.5, 0.6) is 5.75 Å². The smallest absolute Gasteiger partial charge is 0.312 e. The molecule has 4 nitrogen and oxygen atoms in total. The topological polar surface area (TPSA) is 63.6 Å². The Morgan fingerprint density at radius 2 is 1.89 bits per heavy atom. The van der Waals surface area contributed by atoms with Gasteiger partial charge in [0.1, 0.15) is 6.10 Å². The van der Waals surface area contributed by atoms with Crippen molar-refractivity contribution in [2.75, 3.05) is 6.26 Å². The minimum atomic E-state index is -4.25. The zero-order valence-electron chi connectivity index (χ0n) is 9.40. The fraction of sp³-hybridized carbons (Fsp3) is 0.400. The second-order valence-corrected chi connectivity index (χ2v) is 6.16. The number of hydrogen-bond acceptors (Lipinski definition) is 4. The minimum Gasteiger partial charge on any atom is -0.382 e. The third-order valence-electron chi connectivity index (χ3n) is 2.92. The van der Waals surface area contributed by atoms with Gasteiger partial charge in [0.25, 0.3) is 0 Å². The van der Waals surface area contributed by atoms with Crippen LogP contribution in [-0.2, 0) is 9.84 Å². The van der Waals surface area contributed by atoms with Crippen LogP contribution < -0.4 is 4.94 Å². The molecule has 0 saturated heterocycles. The lowest BCUT2D eigenvalue weighted by Gasteiger charge is -2.16. The molecule has 1 aliphatic carbocycles. The number of rotatable bonds is 2. The summed E-state index contributed by atoms with van der Waals surface area (Å²) in [6.07, 6.45) is -5.03. The summed E-state index contributed by atoms with van der Waals surface area (Å²) in [6.45, 7) is 0. The first-order valence-electron chi connectivity index (χ1n) is 4.97. The lowest BCUT2D eigenvalue weighted by atomic mass is 10.1. The van der Waals surface area contributed by atoms with E-state index in [4.69, 9.17) is 0 Å². The second kappa shape index (κ2) is 4.07. The van der Waals surface area contributed by atoms with Gasteiger partial charge in [-0.25, -0.2) is 12.8 Å². The molecule has 1 N–H and O–H groups in total. The van der Waals surface area contributed by atoms with Gasteiger partial charge < -0.3 is 5.11 Å². The molecule has 0 radical (unpaired) electrons. The van der Waals surface area contributed by atoms with Gasteiger partial charge in [-0.2, -0.15) is 8.78 Å². The van der Waals surface area contributed by atoms with Crippen LogP contribution in [0.4, 0.5) is 17.7 Å². The molecule has 1 aliphatic rings. The summed E-state index contributed by atoms with van der Waals surface area (Å²) in [5, 5.41) is 9.41. The molecule has 0 amide bonds. The van der Waals surface area contributed by atoms with Crippen molar-refractivity contribution in [2.24, 2.45) is 0 Å². The Balaban J connectivity index is 2.84. The monoisotopic (exact) mass is 300 g/mol. The first-order valence-corrected chi connectivity index (χ1v) is 6.87. The normalized spacial score (nSPS) is 25.2. The maximum Gasteiger partial charge on any atom is 0.312 e. The second-order valence-electron chi connectivity index (χ2n) is 4.18. The summed E-state index contributed by atoms with van der Waals surface area (Å²) in [7, 11) is -4.00. The van der Waals surface area contributed by atoms with E-state index in [0.29, 0.717) is 6.26 Å². The van der Waals surface area contributed by atoms with Crippen molar-refractivity contribution in [2.45, 2.75) is 23.1 Å². The maximum absolute atomic E-state index is 13.6. The largest absolute Gasteiger partial charge is 0.382 e. The molecule has 0 aromatic heterocycles. The van der Waals surface area contributed by atoms with Gasteiger partial charge >= 0.3 is 5.92 Å². The van der Waals surface area contributed by atoms with Crippen LogP contribution in [0.3, 0.4) is 0 Å². The molecule has 1 aromatic carbocycles. The molecule has 2 atom stereocenters. The average molecular weight is 300 g/mol. The van der Waals surface area contributed by atoms with Gasteiger partial charge in [0.05, 0.1) is 4.90 Å². The van der Waals surface area contributed by atoms with E-state index in [1.807, 2.05) is 0 Å². The van der Waals surface area contributed by atoms with Gasteiger partial charge in [0.2, 0.25) is 0 Å². The third kappa shape index (κ3) is 1.88. The molecule has 106 valence electrons. The molecule has 9 heteroatoms. The molecular weight excluding hydrogens is 292 g/mol. The molecule has 0 unspecified atom stereocenters. The van der Waals surface area contributed by atoms with E-state index in [0.717, 1.165) is 12.1 Å². The van der Waals surface area contributed by atoms with Gasteiger partial charge in [-0.3, -0.25) is 4.94 Å². The molecular formula is C10H8F4O4S. The average Bonchev–Trinajstić information content (AvgIpc) is 2.49. The van der Waals surface area contributed by atoms with E-state index >= 15 is 0 Å². The van der Waals surface area contributed by atoms with Crippen molar-refractivity contribution < 1.29 is 36.2 Å². The molecule has 19 heavy (non-hydrogen) atoms. The zero-order chi connectivity index (χ0) is 14.6. The standard InChI is InChI=1S/C10H8F4O4S/c1-19(16,17)5-3-2-4(18-14)6-7(5)9(15)10(12,13)8(6)11/h2-3,8-9,15H,1H3/t8-,9+/m1/s1. The first kappa shape index (κ1) is 14.1. The minimum absolute atomic E-state index is 0.685. The lowest BCUT2D eigenvalue weighted by Crippen LogP contribution is -2.24. The number of benzene rings is 1. The van der Waals surface area contributed by atoms with E-state index in [-0.39, 0.29) is 0 Å². The van der Waals surface area contributed by atoms with Gasteiger partial charge in [-0.1, -0.05) is 0 Å². The summed E-state index contributed by atoms with van der Waals surface area (Å²) < 4.78 is 75.5. The predicted molar refractivity (Wildman–Crippen MR) is 55.0 cm³/mol. The highest BCUT2D eigenvalue weighted by Gasteiger charge is 2.59. The summed E-state index contributed by atoms with van der Waals surface area (Å²) in [5.74, 6) is -5.14. The quantitative estimate of drug-likeness (QED) is 0.849. The van der Waals surface area contributed by atoms with Crippen molar-refractivity contribution in [3.8, 4) is 5.75 Å². The van der Waals surface area contributed by atoms with Gasteiger partial charge in [-0.15, -0.1) is 0 Å². The van der Waals surface area contributed by atoms with Crippen molar-refractivity contribution >= 4 is 9.84 Å². The fourth-order valence-corrected chi connectivity index (χ4v) is 2.99. The summed E-state index contributed by atoms with van der Waals surface area (Å²) in [6, 6.07) is 1.50. The van der Waals surface area contributed by atoms with Crippen LogP contribution in [0.25, 0.3) is 0 Å². The molecule has 0 heterocycles. The zero-order valence-corrected chi connectivity index (χ0v) is 10.2. The number of fused-ring (bicyclic) bond motifs is 1. The summed E-state index contributed by atoms with van der Waals surface area (Å²) >= 11 is 0. The third-order valence-corrected chi connectivity index (χ3v) is 4.07. The summed E-state index contributed by atoms with van der Waals surface area (Å²) in [5.41, 5.74) is -1.85. The van der Waals surface area contributed by atoms with Crippen LogP contribution >= 0.6 is 0 Å². The Bertz CT molecular complexity index is 629. The van der Waals surface area contributed by atoms with Crippen molar-refractivity contribution in [3.63, 3.8) is 0 Å². The van der Waals surface area contributed by atoms with E-state index < -0.39 is 49.8 Å². The van der Waals surface area contributed by atoms with E-state index in [1.54, 1.807) is 0 Å². The maximum atomic E-state index is 13.6. The highest BCUT2D eigenvalue weighted by molar-refractivity contribution is 7.90. The van der Waals surface area contributed by atoms with Crippen molar-refractivity contribution in [1.82, 2.24) is 0 Å². The molecule has 2 rings (SSSR count). The van der Waals surface area contributed by atoms with Crippen LogP contribution in [-0.4, -0.2) is 25.7 Å². The number of halogens is 4. The molecule has 0 bridgehead atoms. The van der Waals surface area contributed by atoms with Crippen LogP contribution in [0.15, 0.2) is 17.0 Å². The highest BCUT2D eigenvalue weighted by atomic mass is 32.2. The highest BCUT2D eigenvalue weighted by Crippen LogP contribution is 2.56. The Kier molecular flexibility index (Phi) is 3.01. The number of alkyl halides is 3. The van der Waals surface area contributed by atoms with Crippen molar-refractivity contribution in [3.05, 3.63) is 23.3 Å². The number of aliphatic hydroxyl groups excluding tert-OH is 1. The molecule has 0 aliphatic heterocycles. The van der Waals surface area contributed by atoms with Crippen LogP contribution in [0.2, 0.25) is 0 Å². The number of hydrogen-bond donors (Lipinski definition) is 1. The van der Waals surface area contributed by atoms with Crippen LogP contribution in [0.1, 0.15) is 23.4 Å². The number of aliphatic hydroxyl groups is 1. The Labute approximate surface area is 105 Å². The van der Waals surface area contributed by atoms with Gasteiger partial charge in [0, 0.05) is 21.9 Å². The summed E-state index contributed by atoms with van der Waals surface area (Å²) in [4.78, 5) is 2.57. The lowest BCUT2D eigenvalue weighted by molar-refractivity contribution is -0.144. The Morgan fingerprint density at radius 1 is 1.32 bits per heavy atom. The van der Waals surface area contributed by atoms with Gasteiger partial charge in [-0.05, 0) is 12.1 Å². The van der Waals surface area contributed by atoms with Crippen molar-refractivity contribution in [1.29, 1.82) is 0 Å². The van der Waals surface area contributed by atoms with Crippen LogP contribution in [0, 0.1) is 0 Å².